The number of nitrogens with one attached hydrogen (secondary N) is 1. The Hall–Kier alpha value is -0.0900. The van der Waals surface area contributed by atoms with Gasteiger partial charge in [-0.2, -0.15) is 0 Å². The van der Waals surface area contributed by atoms with Gasteiger partial charge in [-0.25, -0.2) is 8.42 Å². The number of hydrogen-bond acceptors (Lipinski definition) is 4. The molecule has 1 aliphatic heterocycles. The summed E-state index contributed by atoms with van der Waals surface area (Å²) in [6, 6.07) is 0.558. The minimum absolute atomic E-state index is 0. The summed E-state index contributed by atoms with van der Waals surface area (Å²) in [4.78, 5) is 9.31. The summed E-state index contributed by atoms with van der Waals surface area (Å²) in [5.74, 6) is 0.940. The highest BCUT2D eigenvalue weighted by molar-refractivity contribution is 14.0. The van der Waals surface area contributed by atoms with Crippen LogP contribution in [0.3, 0.4) is 0 Å². The molecule has 0 saturated carbocycles. The minimum Gasteiger partial charge on any atom is -0.357 e. The summed E-state index contributed by atoms with van der Waals surface area (Å²) in [5, 5.41) is 3.31. The van der Waals surface area contributed by atoms with Gasteiger partial charge in [0.2, 0.25) is 0 Å². The summed E-state index contributed by atoms with van der Waals surface area (Å²) in [6.07, 6.45) is 1.13. The van der Waals surface area contributed by atoms with Crippen molar-refractivity contribution in [2.24, 2.45) is 4.99 Å². The van der Waals surface area contributed by atoms with Crippen molar-refractivity contribution in [3.05, 3.63) is 0 Å². The van der Waals surface area contributed by atoms with E-state index in [1.165, 1.54) is 0 Å². The van der Waals surface area contributed by atoms with E-state index in [1.54, 1.807) is 20.8 Å². The van der Waals surface area contributed by atoms with Gasteiger partial charge in [-0.1, -0.05) is 13.8 Å². The number of likely N-dealkylation sites (N-methyl/N-ethyl adjacent to an activating group) is 1. The van der Waals surface area contributed by atoms with E-state index in [0.29, 0.717) is 12.6 Å². The molecule has 0 aromatic rings. The average molecular weight is 488 g/mol. The molecule has 0 bridgehead atoms. The summed E-state index contributed by atoms with van der Waals surface area (Å²) >= 11 is 0. The van der Waals surface area contributed by atoms with E-state index in [4.69, 9.17) is 0 Å². The second kappa shape index (κ2) is 10.9. The number of halogens is 1. The summed E-state index contributed by atoms with van der Waals surface area (Å²) in [7, 11) is -3.13. The van der Waals surface area contributed by atoms with Crippen molar-refractivity contribution in [3.63, 3.8) is 0 Å². The molecule has 0 amide bonds. The Morgan fingerprint density at radius 3 is 2.32 bits per heavy atom. The number of aliphatic imine (C=N–C) groups is 1. The van der Waals surface area contributed by atoms with Gasteiger partial charge < -0.3 is 10.2 Å². The molecular weight excluding hydrogens is 451 g/mol. The van der Waals surface area contributed by atoms with E-state index < -0.39 is 14.6 Å². The first-order valence-electron chi connectivity index (χ1n) is 9.15. The standard InChI is InChI=1S/C17H36N4O2S.HI/c1-7-18-16(19-11-13-24(22,23)17(4,5)6)21-12-10-15(14-21)20(8-2)9-3;/h15H,7-14H2,1-6H3,(H,18,19);1H. The van der Waals surface area contributed by atoms with Crippen molar-refractivity contribution >= 4 is 39.8 Å². The lowest BCUT2D eigenvalue weighted by Gasteiger charge is -2.27. The van der Waals surface area contributed by atoms with Crippen LogP contribution in [-0.2, 0) is 9.84 Å². The molecule has 0 aromatic heterocycles. The molecule has 0 spiro atoms. The molecule has 1 saturated heterocycles. The fourth-order valence-electron chi connectivity index (χ4n) is 2.98. The minimum atomic E-state index is -3.13. The van der Waals surface area contributed by atoms with Gasteiger partial charge in [-0.15, -0.1) is 24.0 Å². The summed E-state index contributed by atoms with van der Waals surface area (Å²) < 4.78 is 23.7. The van der Waals surface area contributed by atoms with E-state index in [2.05, 4.69) is 34.0 Å². The number of hydrogen-bond donors (Lipinski definition) is 1. The second-order valence-corrected chi connectivity index (χ2v) is 10.1. The van der Waals surface area contributed by atoms with Gasteiger partial charge in [0, 0.05) is 25.7 Å². The Kier molecular flexibility index (Phi) is 10.9. The van der Waals surface area contributed by atoms with Crippen LogP contribution in [0, 0.1) is 0 Å². The molecule has 8 heteroatoms. The summed E-state index contributed by atoms with van der Waals surface area (Å²) in [5.41, 5.74) is 0. The third kappa shape index (κ3) is 7.21. The lowest BCUT2D eigenvalue weighted by Crippen LogP contribution is -2.43. The number of likely N-dealkylation sites (tertiary alicyclic amines) is 1. The van der Waals surface area contributed by atoms with Crippen LogP contribution in [0.25, 0.3) is 0 Å². The van der Waals surface area contributed by atoms with Crippen molar-refractivity contribution in [3.8, 4) is 0 Å². The molecule has 1 unspecified atom stereocenters. The van der Waals surface area contributed by atoms with Crippen LogP contribution in [0.4, 0.5) is 0 Å². The predicted octanol–water partition coefficient (Wildman–Crippen LogP) is 2.20. The van der Waals surface area contributed by atoms with Crippen molar-refractivity contribution < 1.29 is 8.42 Å². The third-order valence-corrected chi connectivity index (χ3v) is 7.27. The van der Waals surface area contributed by atoms with Crippen LogP contribution in [0.15, 0.2) is 4.99 Å². The van der Waals surface area contributed by atoms with Gasteiger partial charge in [0.05, 0.1) is 17.0 Å². The first-order chi connectivity index (χ1) is 11.2. The fraction of sp³-hybridized carbons (Fsp3) is 0.941. The highest BCUT2D eigenvalue weighted by Gasteiger charge is 2.30. The number of guanidine groups is 1. The molecule has 1 fully saturated rings. The highest BCUT2D eigenvalue weighted by atomic mass is 127. The molecule has 1 N–H and O–H groups in total. The fourth-order valence-corrected chi connectivity index (χ4v) is 3.92. The van der Waals surface area contributed by atoms with Gasteiger partial charge in [0.25, 0.3) is 0 Å². The van der Waals surface area contributed by atoms with Gasteiger partial charge in [0.1, 0.15) is 0 Å². The molecule has 25 heavy (non-hydrogen) atoms. The normalized spacial score (nSPS) is 19.2. The van der Waals surface area contributed by atoms with Crippen LogP contribution in [-0.4, -0.2) is 80.0 Å². The van der Waals surface area contributed by atoms with Gasteiger partial charge in [-0.3, -0.25) is 9.89 Å². The van der Waals surface area contributed by atoms with Gasteiger partial charge >= 0.3 is 0 Å². The van der Waals surface area contributed by atoms with Crippen LogP contribution in [0.1, 0.15) is 48.0 Å². The first-order valence-corrected chi connectivity index (χ1v) is 10.8. The quantitative estimate of drug-likeness (QED) is 0.338. The molecule has 6 nitrogen and oxygen atoms in total. The van der Waals surface area contributed by atoms with Crippen molar-refractivity contribution in [1.82, 2.24) is 15.1 Å². The maximum absolute atomic E-state index is 12.2. The maximum atomic E-state index is 12.2. The van der Waals surface area contributed by atoms with E-state index in [9.17, 15) is 8.42 Å². The number of rotatable bonds is 7. The molecule has 150 valence electrons. The van der Waals surface area contributed by atoms with Crippen LogP contribution in [0.5, 0.6) is 0 Å². The largest absolute Gasteiger partial charge is 0.357 e. The molecule has 0 aromatic carbocycles. The lowest BCUT2D eigenvalue weighted by molar-refractivity contribution is 0.223. The SMILES string of the molecule is CCNC(=NCCS(=O)(=O)C(C)(C)C)N1CCC(N(CC)CC)C1.I. The molecule has 0 aliphatic carbocycles. The van der Waals surface area contributed by atoms with Crippen LogP contribution < -0.4 is 5.32 Å². The van der Waals surface area contributed by atoms with E-state index >= 15 is 0 Å². The zero-order valence-corrected chi connectivity index (χ0v) is 19.9. The lowest BCUT2D eigenvalue weighted by atomic mass is 10.2. The van der Waals surface area contributed by atoms with Crippen molar-refractivity contribution in [1.29, 1.82) is 0 Å². The Bertz CT molecular complexity index is 513. The topological polar surface area (TPSA) is 65.0 Å². The number of sulfone groups is 1. The molecule has 1 aliphatic rings. The third-order valence-electron chi connectivity index (χ3n) is 4.68. The molecule has 1 heterocycles. The summed E-state index contributed by atoms with van der Waals surface area (Å²) in [6.45, 7) is 16.8. The van der Waals surface area contributed by atoms with Crippen LogP contribution in [0.2, 0.25) is 0 Å². The Morgan fingerprint density at radius 1 is 1.24 bits per heavy atom. The molecule has 0 radical (unpaired) electrons. The van der Waals surface area contributed by atoms with Gasteiger partial charge in [-0.05, 0) is 47.2 Å². The highest BCUT2D eigenvalue weighted by Crippen LogP contribution is 2.17. The zero-order chi connectivity index (χ0) is 18.4. The van der Waals surface area contributed by atoms with Gasteiger partial charge in [0.15, 0.2) is 15.8 Å². The Morgan fingerprint density at radius 2 is 1.84 bits per heavy atom. The average Bonchev–Trinajstić information content (AvgIpc) is 2.96. The Balaban J connectivity index is 0.00000576. The maximum Gasteiger partial charge on any atom is 0.193 e. The first kappa shape index (κ1) is 24.9. The Labute approximate surface area is 171 Å². The molecule has 1 atom stereocenters. The monoisotopic (exact) mass is 488 g/mol. The van der Waals surface area contributed by atoms with E-state index in [1.807, 2.05) is 6.92 Å². The zero-order valence-electron chi connectivity index (χ0n) is 16.7. The van der Waals surface area contributed by atoms with Crippen molar-refractivity contribution in [2.45, 2.75) is 58.8 Å². The van der Waals surface area contributed by atoms with Crippen molar-refractivity contribution in [2.75, 3.05) is 45.0 Å². The van der Waals surface area contributed by atoms with Crippen LogP contribution >= 0.6 is 24.0 Å². The van der Waals surface area contributed by atoms with E-state index in [-0.39, 0.29) is 29.7 Å². The molecular formula is C17H37IN4O2S. The van der Waals surface area contributed by atoms with E-state index in [0.717, 1.165) is 45.1 Å². The smallest absolute Gasteiger partial charge is 0.193 e. The second-order valence-electron chi connectivity index (χ2n) is 7.28. The predicted molar refractivity (Wildman–Crippen MR) is 118 cm³/mol. The molecule has 1 rings (SSSR count). The number of nitrogens with zero attached hydrogens (tertiary/aromatic N) is 3.